The van der Waals surface area contributed by atoms with Crippen molar-refractivity contribution in [3.05, 3.63) is 64.3 Å². The highest BCUT2D eigenvalue weighted by Crippen LogP contribution is 2.36. The second kappa shape index (κ2) is 5.85. The average molecular weight is 352 g/mol. The summed E-state index contributed by atoms with van der Waals surface area (Å²) in [6.45, 7) is 0. The lowest BCUT2D eigenvalue weighted by molar-refractivity contribution is 0.709. The first-order chi connectivity index (χ1) is 10.8. The van der Waals surface area contributed by atoms with Crippen molar-refractivity contribution in [1.82, 2.24) is 4.98 Å². The fourth-order valence-corrected chi connectivity index (χ4v) is 3.87. The van der Waals surface area contributed by atoms with E-state index in [4.69, 9.17) is 4.98 Å². The van der Waals surface area contributed by atoms with Crippen LogP contribution in [0, 0.1) is 0 Å². The van der Waals surface area contributed by atoms with Crippen LogP contribution in [-0.4, -0.2) is 4.98 Å². The Kier molecular flexibility index (Phi) is 3.71. The molecule has 0 amide bonds. The molecule has 1 aliphatic carbocycles. The molecule has 0 saturated heterocycles. The quantitative estimate of drug-likeness (QED) is 0.495. The van der Waals surface area contributed by atoms with Crippen molar-refractivity contribution >= 4 is 26.8 Å². The molecular weight excluding hydrogens is 334 g/mol. The van der Waals surface area contributed by atoms with E-state index in [0.717, 1.165) is 22.8 Å². The second-order valence-corrected chi connectivity index (χ2v) is 6.92. The number of hydrogen-bond donors (Lipinski definition) is 0. The standard InChI is InChI=1S/C20H18BrN/c21-15-11-12-19-17(13-15)20(14-7-3-1-4-8-14)16-9-5-2-6-10-18(16)22-19/h1,3-4,7-8,11-13H,2,5-6,9-10H2. The van der Waals surface area contributed by atoms with E-state index in [0.29, 0.717) is 0 Å². The van der Waals surface area contributed by atoms with Gasteiger partial charge in [-0.15, -0.1) is 0 Å². The van der Waals surface area contributed by atoms with Crippen LogP contribution in [0.25, 0.3) is 22.0 Å². The smallest absolute Gasteiger partial charge is 0.0712 e. The molecule has 0 bridgehead atoms. The molecule has 0 spiro atoms. The van der Waals surface area contributed by atoms with Gasteiger partial charge in [0.05, 0.1) is 5.52 Å². The van der Waals surface area contributed by atoms with Gasteiger partial charge in [-0.25, -0.2) is 0 Å². The van der Waals surface area contributed by atoms with E-state index < -0.39 is 0 Å². The van der Waals surface area contributed by atoms with Gasteiger partial charge in [0, 0.05) is 15.6 Å². The minimum atomic E-state index is 1.11. The number of benzene rings is 2. The first-order valence-corrected chi connectivity index (χ1v) is 8.79. The summed E-state index contributed by atoms with van der Waals surface area (Å²) in [5.41, 5.74) is 6.60. The van der Waals surface area contributed by atoms with Crippen molar-refractivity contribution in [3.63, 3.8) is 0 Å². The Morgan fingerprint density at radius 3 is 2.55 bits per heavy atom. The molecule has 0 unspecified atom stereocenters. The van der Waals surface area contributed by atoms with Crippen LogP contribution in [0.2, 0.25) is 0 Å². The van der Waals surface area contributed by atoms with Gasteiger partial charge >= 0.3 is 0 Å². The van der Waals surface area contributed by atoms with Crippen LogP contribution in [0.3, 0.4) is 0 Å². The SMILES string of the molecule is Brc1ccc2nc3c(c(-c4ccccc4)c2c1)CCCCC3. The molecule has 1 heterocycles. The van der Waals surface area contributed by atoms with Crippen molar-refractivity contribution < 1.29 is 0 Å². The summed E-state index contributed by atoms with van der Waals surface area (Å²) in [7, 11) is 0. The number of pyridine rings is 1. The van der Waals surface area contributed by atoms with Crippen molar-refractivity contribution in [3.8, 4) is 11.1 Å². The van der Waals surface area contributed by atoms with Gasteiger partial charge in [-0.3, -0.25) is 4.98 Å². The van der Waals surface area contributed by atoms with Crippen LogP contribution in [0.15, 0.2) is 53.0 Å². The lowest BCUT2D eigenvalue weighted by Crippen LogP contribution is -2.00. The average Bonchev–Trinajstić information content (AvgIpc) is 2.78. The van der Waals surface area contributed by atoms with Crippen LogP contribution in [0.1, 0.15) is 30.5 Å². The van der Waals surface area contributed by atoms with Gasteiger partial charge in [-0.2, -0.15) is 0 Å². The molecule has 0 aliphatic heterocycles. The van der Waals surface area contributed by atoms with E-state index in [9.17, 15) is 0 Å². The van der Waals surface area contributed by atoms with Crippen molar-refractivity contribution in [2.24, 2.45) is 0 Å². The molecule has 0 atom stereocenters. The normalized spacial score (nSPS) is 14.6. The van der Waals surface area contributed by atoms with Crippen LogP contribution >= 0.6 is 15.9 Å². The summed E-state index contributed by atoms with van der Waals surface area (Å²) in [4.78, 5) is 4.98. The highest BCUT2D eigenvalue weighted by Gasteiger charge is 2.18. The van der Waals surface area contributed by atoms with Crippen LogP contribution < -0.4 is 0 Å². The van der Waals surface area contributed by atoms with E-state index in [2.05, 4.69) is 64.5 Å². The van der Waals surface area contributed by atoms with Crippen LogP contribution in [-0.2, 0) is 12.8 Å². The predicted octanol–water partition coefficient (Wildman–Crippen LogP) is 5.93. The van der Waals surface area contributed by atoms with E-state index in [-0.39, 0.29) is 0 Å². The number of hydrogen-bond acceptors (Lipinski definition) is 1. The van der Waals surface area contributed by atoms with Gasteiger partial charge in [0.25, 0.3) is 0 Å². The maximum absolute atomic E-state index is 4.98. The van der Waals surface area contributed by atoms with Gasteiger partial charge in [0.2, 0.25) is 0 Å². The molecule has 110 valence electrons. The maximum Gasteiger partial charge on any atom is 0.0712 e. The minimum absolute atomic E-state index is 1.11. The Bertz CT molecular complexity index is 824. The summed E-state index contributed by atoms with van der Waals surface area (Å²) in [5, 5.41) is 1.27. The van der Waals surface area contributed by atoms with Crippen molar-refractivity contribution in [2.45, 2.75) is 32.1 Å². The highest BCUT2D eigenvalue weighted by molar-refractivity contribution is 9.10. The number of rotatable bonds is 1. The van der Waals surface area contributed by atoms with Crippen molar-refractivity contribution in [2.75, 3.05) is 0 Å². The zero-order chi connectivity index (χ0) is 14.9. The molecule has 1 nitrogen and oxygen atoms in total. The largest absolute Gasteiger partial charge is 0.253 e. The van der Waals surface area contributed by atoms with E-state index in [1.807, 2.05) is 0 Å². The number of fused-ring (bicyclic) bond motifs is 2. The minimum Gasteiger partial charge on any atom is -0.253 e. The summed E-state index contributed by atoms with van der Waals surface area (Å²) in [5.74, 6) is 0. The highest BCUT2D eigenvalue weighted by atomic mass is 79.9. The Morgan fingerprint density at radius 1 is 0.864 bits per heavy atom. The Morgan fingerprint density at radius 2 is 1.68 bits per heavy atom. The number of aryl methyl sites for hydroxylation is 1. The Hall–Kier alpha value is -1.67. The molecule has 0 N–H and O–H groups in total. The lowest BCUT2D eigenvalue weighted by Gasteiger charge is -2.16. The van der Waals surface area contributed by atoms with E-state index in [1.165, 1.54) is 47.0 Å². The molecular formula is C20H18BrN. The van der Waals surface area contributed by atoms with Crippen LogP contribution in [0.5, 0.6) is 0 Å². The molecule has 0 fully saturated rings. The summed E-state index contributed by atoms with van der Waals surface area (Å²) in [6.07, 6.45) is 6.10. The summed E-state index contributed by atoms with van der Waals surface area (Å²) < 4.78 is 1.12. The van der Waals surface area contributed by atoms with E-state index >= 15 is 0 Å². The second-order valence-electron chi connectivity index (χ2n) is 6.00. The summed E-state index contributed by atoms with van der Waals surface area (Å²) >= 11 is 3.62. The Balaban J connectivity index is 2.09. The van der Waals surface area contributed by atoms with Crippen LogP contribution in [0.4, 0.5) is 0 Å². The predicted molar refractivity (Wildman–Crippen MR) is 96.1 cm³/mol. The molecule has 0 saturated carbocycles. The molecule has 1 aliphatic rings. The number of nitrogens with zero attached hydrogens (tertiary/aromatic N) is 1. The Labute approximate surface area is 139 Å². The molecule has 1 aromatic heterocycles. The molecule has 22 heavy (non-hydrogen) atoms. The zero-order valence-corrected chi connectivity index (χ0v) is 14.1. The molecule has 2 heteroatoms. The third-order valence-electron chi connectivity index (χ3n) is 4.54. The van der Waals surface area contributed by atoms with Gasteiger partial charge in [0.1, 0.15) is 0 Å². The number of halogens is 1. The zero-order valence-electron chi connectivity index (χ0n) is 12.5. The maximum atomic E-state index is 4.98. The molecule has 3 aromatic rings. The fraction of sp³-hybridized carbons (Fsp3) is 0.250. The first-order valence-electron chi connectivity index (χ1n) is 7.99. The lowest BCUT2D eigenvalue weighted by atomic mass is 9.92. The van der Waals surface area contributed by atoms with Gasteiger partial charge in [-0.1, -0.05) is 52.7 Å². The van der Waals surface area contributed by atoms with Crippen molar-refractivity contribution in [1.29, 1.82) is 0 Å². The van der Waals surface area contributed by atoms with Gasteiger partial charge < -0.3 is 0 Å². The van der Waals surface area contributed by atoms with Gasteiger partial charge in [0.15, 0.2) is 0 Å². The monoisotopic (exact) mass is 351 g/mol. The number of aromatic nitrogens is 1. The molecule has 4 rings (SSSR count). The summed E-state index contributed by atoms with van der Waals surface area (Å²) in [6, 6.07) is 17.2. The topological polar surface area (TPSA) is 12.9 Å². The third-order valence-corrected chi connectivity index (χ3v) is 5.03. The third kappa shape index (κ3) is 2.46. The van der Waals surface area contributed by atoms with E-state index in [1.54, 1.807) is 0 Å². The first kappa shape index (κ1) is 14.0. The van der Waals surface area contributed by atoms with Gasteiger partial charge in [-0.05, 0) is 60.6 Å². The molecule has 2 aromatic carbocycles. The fourth-order valence-electron chi connectivity index (χ4n) is 3.51. The molecule has 0 radical (unpaired) electrons.